The summed E-state index contributed by atoms with van der Waals surface area (Å²) >= 11 is 1.61. The molecule has 0 saturated carbocycles. The third-order valence-corrected chi connectivity index (χ3v) is 4.56. The highest BCUT2D eigenvalue weighted by Gasteiger charge is 2.27. The molecule has 2 atom stereocenters. The van der Waals surface area contributed by atoms with Crippen LogP contribution in [0.5, 0.6) is 0 Å². The highest BCUT2D eigenvalue weighted by Crippen LogP contribution is 2.35. The first-order valence-corrected chi connectivity index (χ1v) is 7.09. The number of nitrogens with zero attached hydrogens (tertiary/aromatic N) is 2. The van der Waals surface area contributed by atoms with Crippen molar-refractivity contribution in [3.8, 4) is 0 Å². The summed E-state index contributed by atoms with van der Waals surface area (Å²) in [5.41, 5.74) is 10.7. The predicted molar refractivity (Wildman–Crippen MR) is 76.0 cm³/mol. The fourth-order valence-corrected chi connectivity index (χ4v) is 3.31. The molecule has 2 heterocycles. The lowest BCUT2D eigenvalue weighted by atomic mass is 10.0. The molecule has 3 rings (SSSR count). The summed E-state index contributed by atoms with van der Waals surface area (Å²) in [6, 6.07) is 4.15. The van der Waals surface area contributed by atoms with Crippen molar-refractivity contribution in [1.29, 1.82) is 0 Å². The molecule has 1 fully saturated rings. The molecule has 0 aliphatic carbocycles. The van der Waals surface area contributed by atoms with Crippen LogP contribution in [-0.4, -0.2) is 29.3 Å². The molecule has 18 heavy (non-hydrogen) atoms. The second-order valence-electron chi connectivity index (χ2n) is 4.93. The molecule has 2 unspecified atom stereocenters. The minimum absolute atomic E-state index is 0.251. The quantitative estimate of drug-likeness (QED) is 0.814. The number of aliphatic hydroxyl groups excluding tert-OH is 1. The molecule has 1 aliphatic heterocycles. The zero-order chi connectivity index (χ0) is 12.7. The van der Waals surface area contributed by atoms with Crippen molar-refractivity contribution in [3.63, 3.8) is 0 Å². The minimum atomic E-state index is -0.251. The van der Waals surface area contributed by atoms with Crippen LogP contribution in [-0.2, 0) is 0 Å². The van der Waals surface area contributed by atoms with Crippen LogP contribution in [0.2, 0.25) is 0 Å². The summed E-state index contributed by atoms with van der Waals surface area (Å²) in [6.45, 7) is 3.69. The molecule has 0 radical (unpaired) electrons. The van der Waals surface area contributed by atoms with Crippen LogP contribution in [0.3, 0.4) is 0 Å². The van der Waals surface area contributed by atoms with E-state index in [4.69, 9.17) is 5.73 Å². The van der Waals surface area contributed by atoms with E-state index in [9.17, 15) is 5.11 Å². The number of thiazole rings is 1. The van der Waals surface area contributed by atoms with Gasteiger partial charge >= 0.3 is 0 Å². The van der Waals surface area contributed by atoms with Crippen LogP contribution in [0.1, 0.15) is 13.3 Å². The average Bonchev–Trinajstić information content (AvgIpc) is 2.97. The lowest BCUT2D eigenvalue weighted by Gasteiger charge is -2.21. The van der Waals surface area contributed by atoms with E-state index in [-0.39, 0.29) is 6.10 Å². The van der Waals surface area contributed by atoms with Crippen molar-refractivity contribution < 1.29 is 5.11 Å². The second-order valence-corrected chi connectivity index (χ2v) is 5.82. The van der Waals surface area contributed by atoms with Gasteiger partial charge < -0.3 is 15.7 Å². The van der Waals surface area contributed by atoms with Gasteiger partial charge in [-0.2, -0.15) is 0 Å². The van der Waals surface area contributed by atoms with E-state index in [2.05, 4.69) is 22.0 Å². The molecule has 3 N–H and O–H groups in total. The zero-order valence-electron chi connectivity index (χ0n) is 10.3. The fourth-order valence-electron chi connectivity index (χ4n) is 2.62. The number of hydrogen-bond donors (Lipinski definition) is 2. The number of fused-ring (bicyclic) bond motifs is 1. The van der Waals surface area contributed by atoms with Crippen molar-refractivity contribution in [2.75, 3.05) is 23.7 Å². The molecule has 2 aromatic rings. The Morgan fingerprint density at radius 1 is 1.56 bits per heavy atom. The van der Waals surface area contributed by atoms with Gasteiger partial charge in [-0.1, -0.05) is 0 Å². The number of aromatic nitrogens is 1. The number of nitrogens with two attached hydrogens (primary N) is 1. The van der Waals surface area contributed by atoms with Gasteiger partial charge in [0.2, 0.25) is 0 Å². The Labute approximate surface area is 110 Å². The average molecular weight is 263 g/mol. The van der Waals surface area contributed by atoms with Crippen molar-refractivity contribution in [2.24, 2.45) is 5.92 Å². The molecule has 1 aromatic carbocycles. The number of rotatable bonds is 2. The third-order valence-electron chi connectivity index (χ3n) is 3.77. The van der Waals surface area contributed by atoms with Crippen molar-refractivity contribution >= 4 is 32.9 Å². The lowest BCUT2D eigenvalue weighted by Crippen LogP contribution is -2.24. The van der Waals surface area contributed by atoms with E-state index in [0.717, 1.165) is 41.1 Å². The van der Waals surface area contributed by atoms with Gasteiger partial charge in [-0.3, -0.25) is 0 Å². The van der Waals surface area contributed by atoms with Crippen LogP contribution < -0.4 is 10.6 Å². The van der Waals surface area contributed by atoms with Crippen molar-refractivity contribution in [1.82, 2.24) is 4.98 Å². The Balaban J connectivity index is 1.93. The molecule has 1 aliphatic rings. The topological polar surface area (TPSA) is 62.4 Å². The normalized spacial score (nSPS) is 21.7. The summed E-state index contributed by atoms with van der Waals surface area (Å²) in [7, 11) is 0. The summed E-state index contributed by atoms with van der Waals surface area (Å²) in [5, 5.41) is 9.66. The summed E-state index contributed by atoms with van der Waals surface area (Å²) in [5.74, 6) is 0.343. The largest absolute Gasteiger partial charge is 0.395 e. The number of anilines is 2. The van der Waals surface area contributed by atoms with Crippen LogP contribution in [0, 0.1) is 5.92 Å². The molecule has 1 aromatic heterocycles. The van der Waals surface area contributed by atoms with E-state index in [1.807, 2.05) is 12.4 Å². The number of hydrogen-bond acceptors (Lipinski definition) is 5. The highest BCUT2D eigenvalue weighted by molar-refractivity contribution is 7.16. The Morgan fingerprint density at radius 2 is 2.39 bits per heavy atom. The Bertz CT molecular complexity index is 566. The fraction of sp³-hybridized carbons (Fsp3) is 0.462. The standard InChI is InChI=1S/C13H17N3OS/c1-8(17)9-4-5-16(6-9)10-2-3-11-13(12(10)14)15-7-18-11/h2-3,7-9,17H,4-6,14H2,1H3. The van der Waals surface area contributed by atoms with E-state index in [1.165, 1.54) is 0 Å². The SMILES string of the molecule is CC(O)C1CCN(c2ccc3scnc3c2N)C1. The van der Waals surface area contributed by atoms with Crippen LogP contribution in [0.4, 0.5) is 11.4 Å². The molecule has 0 spiro atoms. The van der Waals surface area contributed by atoms with Gasteiger partial charge in [-0.05, 0) is 25.5 Å². The Morgan fingerprint density at radius 3 is 3.11 bits per heavy atom. The molecule has 5 heteroatoms. The highest BCUT2D eigenvalue weighted by atomic mass is 32.1. The van der Waals surface area contributed by atoms with E-state index in [1.54, 1.807) is 11.3 Å². The first-order chi connectivity index (χ1) is 8.66. The third kappa shape index (κ3) is 1.83. The van der Waals surface area contributed by atoms with Gasteiger partial charge in [0.25, 0.3) is 0 Å². The van der Waals surface area contributed by atoms with Crippen LogP contribution >= 0.6 is 11.3 Å². The smallest absolute Gasteiger partial charge is 0.106 e. The summed E-state index contributed by atoms with van der Waals surface area (Å²) in [4.78, 5) is 6.58. The van der Waals surface area contributed by atoms with E-state index >= 15 is 0 Å². The monoisotopic (exact) mass is 263 g/mol. The number of benzene rings is 1. The van der Waals surface area contributed by atoms with Gasteiger partial charge in [0, 0.05) is 19.0 Å². The maximum Gasteiger partial charge on any atom is 0.106 e. The molecular weight excluding hydrogens is 246 g/mol. The lowest BCUT2D eigenvalue weighted by molar-refractivity contribution is 0.136. The van der Waals surface area contributed by atoms with E-state index < -0.39 is 0 Å². The first-order valence-electron chi connectivity index (χ1n) is 6.21. The molecule has 0 amide bonds. The predicted octanol–water partition coefficient (Wildman–Crippen LogP) is 2.09. The second kappa shape index (κ2) is 4.40. The minimum Gasteiger partial charge on any atom is -0.395 e. The zero-order valence-corrected chi connectivity index (χ0v) is 11.2. The van der Waals surface area contributed by atoms with E-state index in [0.29, 0.717) is 5.92 Å². The Kier molecular flexibility index (Phi) is 2.87. The number of nitrogen functional groups attached to an aromatic ring is 1. The molecule has 0 bridgehead atoms. The van der Waals surface area contributed by atoms with Gasteiger partial charge in [0.15, 0.2) is 0 Å². The van der Waals surface area contributed by atoms with Gasteiger partial charge in [-0.25, -0.2) is 4.98 Å². The number of aliphatic hydroxyl groups is 1. The maximum atomic E-state index is 9.66. The van der Waals surface area contributed by atoms with Gasteiger partial charge in [0.05, 0.1) is 27.7 Å². The van der Waals surface area contributed by atoms with Crippen molar-refractivity contribution in [3.05, 3.63) is 17.6 Å². The Hall–Kier alpha value is -1.33. The maximum absolute atomic E-state index is 9.66. The first kappa shape index (κ1) is 11.7. The van der Waals surface area contributed by atoms with Crippen LogP contribution in [0.25, 0.3) is 10.2 Å². The summed E-state index contributed by atoms with van der Waals surface area (Å²) in [6.07, 6.45) is 0.769. The summed E-state index contributed by atoms with van der Waals surface area (Å²) < 4.78 is 1.13. The van der Waals surface area contributed by atoms with Gasteiger partial charge in [-0.15, -0.1) is 11.3 Å². The van der Waals surface area contributed by atoms with Gasteiger partial charge in [0.1, 0.15) is 5.52 Å². The van der Waals surface area contributed by atoms with Crippen molar-refractivity contribution in [2.45, 2.75) is 19.4 Å². The molecular formula is C13H17N3OS. The molecule has 4 nitrogen and oxygen atoms in total. The molecule has 1 saturated heterocycles. The molecule has 96 valence electrons. The van der Waals surface area contributed by atoms with Crippen LogP contribution in [0.15, 0.2) is 17.6 Å².